The van der Waals surface area contributed by atoms with Crippen molar-refractivity contribution in [2.45, 2.75) is 20.0 Å². The lowest BCUT2D eigenvalue weighted by atomic mass is 9.99. The Labute approximate surface area is 102 Å². The third-order valence-electron chi connectivity index (χ3n) is 2.19. The molecule has 6 heteroatoms. The van der Waals surface area contributed by atoms with Gasteiger partial charge in [0.05, 0.1) is 29.4 Å². The zero-order valence-electron chi connectivity index (χ0n) is 9.76. The molecular weight excluding hydrogens is 247 g/mol. The van der Waals surface area contributed by atoms with E-state index in [-0.39, 0.29) is 17.9 Å². The average molecular weight is 257 g/mol. The van der Waals surface area contributed by atoms with E-state index in [0.717, 1.165) is 13.0 Å². The highest BCUT2D eigenvalue weighted by molar-refractivity contribution is 5.98. The molecule has 96 valence electrons. The smallest absolute Gasteiger partial charge is 0.417 e. The van der Waals surface area contributed by atoms with Crippen LogP contribution in [0.5, 0.6) is 5.75 Å². The molecular formula is C12H10F3NO2. The molecule has 0 saturated carbocycles. The molecule has 0 bridgehead atoms. The Morgan fingerprint density at radius 1 is 1.44 bits per heavy atom. The monoisotopic (exact) mass is 257 g/mol. The maximum atomic E-state index is 12.8. The lowest BCUT2D eigenvalue weighted by molar-refractivity contribution is -0.138. The van der Waals surface area contributed by atoms with E-state index in [2.05, 4.69) is 0 Å². The summed E-state index contributed by atoms with van der Waals surface area (Å²) in [4.78, 5) is 11.3. The molecule has 0 unspecified atom stereocenters. The molecule has 18 heavy (non-hydrogen) atoms. The topological polar surface area (TPSA) is 50.1 Å². The molecule has 0 spiro atoms. The first-order valence-electron chi connectivity index (χ1n) is 5.10. The van der Waals surface area contributed by atoms with Crippen molar-refractivity contribution in [2.24, 2.45) is 0 Å². The number of halogens is 3. The van der Waals surface area contributed by atoms with E-state index in [1.807, 2.05) is 0 Å². The van der Waals surface area contributed by atoms with Crippen molar-refractivity contribution >= 4 is 5.78 Å². The van der Waals surface area contributed by atoms with Gasteiger partial charge in [0.2, 0.25) is 0 Å². The van der Waals surface area contributed by atoms with Crippen LogP contribution in [0, 0.1) is 11.3 Å². The SMILES string of the molecule is CCOc1cc(C#N)cc(C(F)(F)F)c1C(C)=O. The van der Waals surface area contributed by atoms with Crippen LogP contribution in [0.25, 0.3) is 0 Å². The lowest BCUT2D eigenvalue weighted by Gasteiger charge is -2.15. The molecule has 1 aromatic carbocycles. The Kier molecular flexibility index (Phi) is 3.96. The number of nitrogens with zero attached hydrogens (tertiary/aromatic N) is 1. The normalized spacial score (nSPS) is 10.9. The third kappa shape index (κ3) is 2.80. The number of alkyl halides is 3. The fraction of sp³-hybridized carbons (Fsp3) is 0.333. The quantitative estimate of drug-likeness (QED) is 0.781. The molecule has 0 radical (unpaired) electrons. The van der Waals surface area contributed by atoms with Crippen LogP contribution in [0.2, 0.25) is 0 Å². The summed E-state index contributed by atoms with van der Waals surface area (Å²) in [7, 11) is 0. The minimum Gasteiger partial charge on any atom is -0.493 e. The van der Waals surface area contributed by atoms with Gasteiger partial charge >= 0.3 is 6.18 Å². The van der Waals surface area contributed by atoms with Crippen LogP contribution in [0.3, 0.4) is 0 Å². The van der Waals surface area contributed by atoms with Gasteiger partial charge in [-0.05, 0) is 26.0 Å². The molecule has 0 amide bonds. The number of ketones is 1. The van der Waals surface area contributed by atoms with Crippen molar-refractivity contribution in [3.8, 4) is 11.8 Å². The largest absolute Gasteiger partial charge is 0.493 e. The standard InChI is InChI=1S/C12H10F3NO2/c1-3-18-10-5-8(6-16)4-9(12(13,14)15)11(10)7(2)17/h4-5H,3H2,1-2H3. The van der Waals surface area contributed by atoms with Gasteiger partial charge in [0, 0.05) is 0 Å². The van der Waals surface area contributed by atoms with E-state index in [1.165, 1.54) is 0 Å². The van der Waals surface area contributed by atoms with Crippen LogP contribution in [0.4, 0.5) is 13.2 Å². The van der Waals surface area contributed by atoms with Crippen LogP contribution >= 0.6 is 0 Å². The maximum absolute atomic E-state index is 12.8. The molecule has 3 nitrogen and oxygen atoms in total. The first-order chi connectivity index (χ1) is 8.31. The summed E-state index contributed by atoms with van der Waals surface area (Å²) in [6.07, 6.45) is -4.71. The fourth-order valence-electron chi connectivity index (χ4n) is 1.54. The molecule has 1 rings (SSSR count). The number of benzene rings is 1. The maximum Gasteiger partial charge on any atom is 0.417 e. The minimum absolute atomic E-state index is 0.104. The molecule has 0 aromatic heterocycles. The number of carbonyl (C=O) groups is 1. The second-order valence-corrected chi connectivity index (χ2v) is 3.50. The predicted octanol–water partition coefficient (Wildman–Crippen LogP) is 3.18. The van der Waals surface area contributed by atoms with Gasteiger partial charge in [-0.2, -0.15) is 18.4 Å². The molecule has 0 aliphatic carbocycles. The van der Waals surface area contributed by atoms with E-state index >= 15 is 0 Å². The number of Topliss-reactive ketones (excluding diaryl/α,β-unsaturated/α-hetero) is 1. The van der Waals surface area contributed by atoms with E-state index in [0.29, 0.717) is 6.07 Å². The zero-order chi connectivity index (χ0) is 13.9. The van der Waals surface area contributed by atoms with Gasteiger partial charge in [-0.25, -0.2) is 0 Å². The highest BCUT2D eigenvalue weighted by Gasteiger charge is 2.36. The van der Waals surface area contributed by atoms with Gasteiger partial charge < -0.3 is 4.74 Å². The fourth-order valence-corrected chi connectivity index (χ4v) is 1.54. The van der Waals surface area contributed by atoms with Gasteiger partial charge in [-0.1, -0.05) is 0 Å². The number of hydrogen-bond acceptors (Lipinski definition) is 3. The van der Waals surface area contributed by atoms with Crippen molar-refractivity contribution in [3.63, 3.8) is 0 Å². The van der Waals surface area contributed by atoms with Crippen molar-refractivity contribution in [1.82, 2.24) is 0 Å². The van der Waals surface area contributed by atoms with Crippen LogP contribution in [0.15, 0.2) is 12.1 Å². The Hall–Kier alpha value is -2.03. The highest BCUT2D eigenvalue weighted by Crippen LogP contribution is 2.37. The second-order valence-electron chi connectivity index (χ2n) is 3.50. The Morgan fingerprint density at radius 2 is 2.06 bits per heavy atom. The molecule has 0 heterocycles. The van der Waals surface area contributed by atoms with Crippen molar-refractivity contribution < 1.29 is 22.7 Å². The first-order valence-corrected chi connectivity index (χ1v) is 5.10. The van der Waals surface area contributed by atoms with Gasteiger partial charge in [0.15, 0.2) is 5.78 Å². The minimum atomic E-state index is -4.71. The van der Waals surface area contributed by atoms with Gasteiger partial charge in [-0.15, -0.1) is 0 Å². The summed E-state index contributed by atoms with van der Waals surface area (Å²) in [6, 6.07) is 3.40. The average Bonchev–Trinajstić information content (AvgIpc) is 2.26. The molecule has 0 aliphatic heterocycles. The molecule has 0 N–H and O–H groups in total. The summed E-state index contributed by atoms with van der Waals surface area (Å²) >= 11 is 0. The predicted molar refractivity (Wildman–Crippen MR) is 57.3 cm³/mol. The van der Waals surface area contributed by atoms with E-state index < -0.39 is 23.1 Å². The van der Waals surface area contributed by atoms with Crippen LogP contribution in [0.1, 0.15) is 35.3 Å². The van der Waals surface area contributed by atoms with Crippen LogP contribution in [-0.4, -0.2) is 12.4 Å². The van der Waals surface area contributed by atoms with Gasteiger partial charge in [0.25, 0.3) is 0 Å². The van der Waals surface area contributed by atoms with Crippen molar-refractivity contribution in [2.75, 3.05) is 6.61 Å². The first kappa shape index (κ1) is 14.0. The Bertz CT molecular complexity index is 515. The molecule has 0 atom stereocenters. The summed E-state index contributed by atoms with van der Waals surface area (Å²) in [5.41, 5.74) is -1.88. The van der Waals surface area contributed by atoms with Gasteiger partial charge in [0.1, 0.15) is 5.75 Å². The highest BCUT2D eigenvalue weighted by atomic mass is 19.4. The number of ether oxygens (including phenoxy) is 1. The number of hydrogen-bond donors (Lipinski definition) is 0. The summed E-state index contributed by atoms with van der Waals surface area (Å²) in [5, 5.41) is 8.69. The number of carbonyl (C=O) groups excluding carboxylic acids is 1. The summed E-state index contributed by atoms with van der Waals surface area (Å²) in [6.45, 7) is 2.71. The van der Waals surface area contributed by atoms with Crippen molar-refractivity contribution in [3.05, 3.63) is 28.8 Å². The summed E-state index contributed by atoms with van der Waals surface area (Å²) < 4.78 is 43.5. The van der Waals surface area contributed by atoms with Crippen LogP contribution in [-0.2, 0) is 6.18 Å². The summed E-state index contributed by atoms with van der Waals surface area (Å²) in [5.74, 6) is -0.966. The third-order valence-corrected chi connectivity index (χ3v) is 2.19. The molecule has 0 aliphatic rings. The van der Waals surface area contributed by atoms with E-state index in [4.69, 9.17) is 10.00 Å². The molecule has 0 fully saturated rings. The van der Waals surface area contributed by atoms with E-state index in [9.17, 15) is 18.0 Å². The lowest BCUT2D eigenvalue weighted by Crippen LogP contribution is -2.14. The second kappa shape index (κ2) is 5.08. The molecule has 1 aromatic rings. The number of rotatable bonds is 3. The van der Waals surface area contributed by atoms with E-state index in [1.54, 1.807) is 13.0 Å². The number of nitriles is 1. The zero-order valence-corrected chi connectivity index (χ0v) is 9.76. The Morgan fingerprint density at radius 3 is 2.44 bits per heavy atom. The van der Waals surface area contributed by atoms with Crippen molar-refractivity contribution in [1.29, 1.82) is 5.26 Å². The van der Waals surface area contributed by atoms with Crippen LogP contribution < -0.4 is 4.74 Å². The molecule has 0 saturated heterocycles. The van der Waals surface area contributed by atoms with Gasteiger partial charge in [-0.3, -0.25) is 4.79 Å². The Balaban J connectivity index is 3.61.